The fraction of sp³-hybridized carbons (Fsp3) is 0.300. The van der Waals surface area contributed by atoms with Crippen molar-refractivity contribution in [2.45, 2.75) is 26.9 Å². The number of fused-ring (bicyclic) bond motifs is 1. The Labute approximate surface area is 156 Å². The maximum atomic E-state index is 12.5. The van der Waals surface area contributed by atoms with Crippen LogP contribution in [0, 0.1) is 6.92 Å². The summed E-state index contributed by atoms with van der Waals surface area (Å²) in [6.45, 7) is 4.11. The lowest BCUT2D eigenvalue weighted by molar-refractivity contribution is -0.121. The monoisotopic (exact) mass is 370 g/mol. The number of hydrogen-bond acceptors (Lipinski definition) is 5. The number of amides is 1. The molecule has 0 unspecified atom stereocenters. The second kappa shape index (κ2) is 7.99. The molecule has 27 heavy (non-hydrogen) atoms. The molecular formula is C20H22N2O5. The first kappa shape index (κ1) is 18.6. The number of aromatic nitrogens is 1. The van der Waals surface area contributed by atoms with Gasteiger partial charge in [0.15, 0.2) is 5.58 Å². The number of esters is 1. The average Bonchev–Trinajstić information content (AvgIpc) is 3.17. The van der Waals surface area contributed by atoms with Crippen LogP contribution in [0.3, 0.4) is 0 Å². The number of para-hydroxylation sites is 1. The van der Waals surface area contributed by atoms with E-state index in [4.69, 9.17) is 13.9 Å². The van der Waals surface area contributed by atoms with E-state index in [1.807, 2.05) is 31.2 Å². The number of nitrogens with one attached hydrogen (secondary N) is 1. The van der Waals surface area contributed by atoms with Gasteiger partial charge < -0.3 is 23.8 Å². The zero-order valence-electron chi connectivity index (χ0n) is 15.6. The minimum absolute atomic E-state index is 0.0221. The van der Waals surface area contributed by atoms with Crippen LogP contribution in [-0.4, -0.2) is 30.2 Å². The molecule has 3 rings (SSSR count). The Bertz CT molecular complexity index is 970. The molecule has 0 bridgehead atoms. The molecule has 1 amide bonds. The van der Waals surface area contributed by atoms with Crippen molar-refractivity contribution < 1.29 is 23.5 Å². The van der Waals surface area contributed by atoms with E-state index in [2.05, 4.69) is 5.32 Å². The summed E-state index contributed by atoms with van der Waals surface area (Å²) in [5.74, 6) is 0.694. The average molecular weight is 370 g/mol. The second-order valence-electron chi connectivity index (χ2n) is 6.03. The van der Waals surface area contributed by atoms with Crippen LogP contribution < -0.4 is 10.1 Å². The van der Waals surface area contributed by atoms with E-state index < -0.39 is 5.97 Å². The summed E-state index contributed by atoms with van der Waals surface area (Å²) in [5, 5.41) is 2.86. The predicted octanol–water partition coefficient (Wildman–Crippen LogP) is 3.04. The predicted molar refractivity (Wildman–Crippen MR) is 99.7 cm³/mol. The molecular weight excluding hydrogens is 348 g/mol. The number of methoxy groups -OCH3 is 1. The van der Waals surface area contributed by atoms with E-state index in [0.717, 1.165) is 5.56 Å². The smallest absolute Gasteiger partial charge is 0.355 e. The number of furan rings is 1. The van der Waals surface area contributed by atoms with E-state index in [0.29, 0.717) is 29.2 Å². The second-order valence-corrected chi connectivity index (χ2v) is 6.03. The Kier molecular flexibility index (Phi) is 5.49. The molecule has 0 radical (unpaired) electrons. The summed E-state index contributed by atoms with van der Waals surface area (Å²) in [7, 11) is 1.59. The van der Waals surface area contributed by atoms with Gasteiger partial charge in [-0.05, 0) is 19.9 Å². The normalized spacial score (nSPS) is 10.8. The standard InChI is InChI=1S/C20H22N2O5/c1-4-26-20(24)16-10-18-15(9-13(2)27-18)22(16)12-19(23)21-11-14-7-5-6-8-17(14)25-3/h5-10H,4,11-12H2,1-3H3,(H,21,23). The lowest BCUT2D eigenvalue weighted by atomic mass is 10.2. The van der Waals surface area contributed by atoms with E-state index in [1.165, 1.54) is 0 Å². The van der Waals surface area contributed by atoms with Crippen molar-refractivity contribution >= 4 is 23.0 Å². The molecule has 1 aromatic carbocycles. The zero-order chi connectivity index (χ0) is 19.4. The van der Waals surface area contributed by atoms with Crippen LogP contribution in [0.1, 0.15) is 28.7 Å². The van der Waals surface area contributed by atoms with Crippen molar-refractivity contribution in [2.75, 3.05) is 13.7 Å². The Hall–Kier alpha value is -3.22. The largest absolute Gasteiger partial charge is 0.496 e. The highest BCUT2D eigenvalue weighted by atomic mass is 16.5. The van der Waals surface area contributed by atoms with E-state index in [-0.39, 0.29) is 24.8 Å². The van der Waals surface area contributed by atoms with Gasteiger partial charge in [-0.15, -0.1) is 0 Å². The van der Waals surface area contributed by atoms with E-state index in [1.54, 1.807) is 30.7 Å². The summed E-state index contributed by atoms with van der Waals surface area (Å²) >= 11 is 0. The Balaban J connectivity index is 1.79. The van der Waals surface area contributed by atoms with Gasteiger partial charge in [-0.3, -0.25) is 4.79 Å². The third kappa shape index (κ3) is 3.97. The van der Waals surface area contributed by atoms with Gasteiger partial charge in [0.25, 0.3) is 0 Å². The summed E-state index contributed by atoms with van der Waals surface area (Å²) in [5.41, 5.74) is 2.39. The summed E-state index contributed by atoms with van der Waals surface area (Å²) in [6, 6.07) is 10.9. The third-order valence-corrected chi connectivity index (χ3v) is 4.17. The molecule has 0 aliphatic carbocycles. The molecule has 3 aromatic rings. The summed E-state index contributed by atoms with van der Waals surface area (Å²) in [6.07, 6.45) is 0. The minimum Gasteiger partial charge on any atom is -0.496 e. The minimum atomic E-state index is -0.487. The van der Waals surface area contributed by atoms with Crippen LogP contribution >= 0.6 is 0 Å². The first-order chi connectivity index (χ1) is 13.0. The van der Waals surface area contributed by atoms with Crippen molar-refractivity contribution in [2.24, 2.45) is 0 Å². The number of aryl methyl sites for hydroxylation is 1. The number of rotatable bonds is 7. The van der Waals surface area contributed by atoms with Gasteiger partial charge in [0, 0.05) is 24.2 Å². The van der Waals surface area contributed by atoms with Crippen molar-refractivity contribution in [1.82, 2.24) is 9.88 Å². The number of nitrogens with zero attached hydrogens (tertiary/aromatic N) is 1. The van der Waals surface area contributed by atoms with E-state index >= 15 is 0 Å². The van der Waals surface area contributed by atoms with Crippen molar-refractivity contribution in [1.29, 1.82) is 0 Å². The lowest BCUT2D eigenvalue weighted by Gasteiger charge is -2.12. The molecule has 0 spiro atoms. The maximum Gasteiger partial charge on any atom is 0.355 e. The van der Waals surface area contributed by atoms with Crippen LogP contribution in [0.15, 0.2) is 40.8 Å². The van der Waals surface area contributed by atoms with Gasteiger partial charge in [0.1, 0.15) is 23.7 Å². The summed E-state index contributed by atoms with van der Waals surface area (Å²) < 4.78 is 17.6. The van der Waals surface area contributed by atoms with Gasteiger partial charge >= 0.3 is 5.97 Å². The fourth-order valence-electron chi connectivity index (χ4n) is 2.95. The third-order valence-electron chi connectivity index (χ3n) is 4.17. The number of carbonyl (C=O) groups is 2. The molecule has 2 heterocycles. The van der Waals surface area contributed by atoms with Gasteiger partial charge in [0.2, 0.25) is 5.91 Å². The SMILES string of the molecule is CCOC(=O)c1cc2oc(C)cc2n1CC(=O)NCc1ccccc1OC. The van der Waals surface area contributed by atoms with Crippen molar-refractivity contribution in [3.8, 4) is 5.75 Å². The molecule has 0 fully saturated rings. The van der Waals surface area contributed by atoms with Crippen LogP contribution in [0.4, 0.5) is 0 Å². The highest BCUT2D eigenvalue weighted by Gasteiger charge is 2.21. The number of benzene rings is 1. The molecule has 1 N–H and O–H groups in total. The van der Waals surface area contributed by atoms with Crippen LogP contribution in [0.5, 0.6) is 5.75 Å². The number of hydrogen-bond donors (Lipinski definition) is 1. The molecule has 7 nitrogen and oxygen atoms in total. The molecule has 7 heteroatoms. The fourth-order valence-corrected chi connectivity index (χ4v) is 2.95. The highest BCUT2D eigenvalue weighted by molar-refractivity contribution is 5.95. The molecule has 142 valence electrons. The number of ether oxygens (including phenoxy) is 2. The molecule has 2 aromatic heterocycles. The molecule has 0 saturated carbocycles. The first-order valence-electron chi connectivity index (χ1n) is 8.68. The van der Waals surface area contributed by atoms with Crippen molar-refractivity contribution in [3.05, 3.63) is 53.4 Å². The quantitative estimate of drug-likeness (QED) is 0.647. The van der Waals surface area contributed by atoms with Crippen LogP contribution in [-0.2, 0) is 22.6 Å². The molecule has 0 atom stereocenters. The Morgan fingerprint density at radius 1 is 1.22 bits per heavy atom. The van der Waals surface area contributed by atoms with Crippen LogP contribution in [0.25, 0.3) is 11.1 Å². The first-order valence-corrected chi connectivity index (χ1v) is 8.68. The van der Waals surface area contributed by atoms with Gasteiger partial charge in [-0.1, -0.05) is 18.2 Å². The van der Waals surface area contributed by atoms with Crippen molar-refractivity contribution in [3.63, 3.8) is 0 Å². The number of carbonyl (C=O) groups excluding carboxylic acids is 2. The van der Waals surface area contributed by atoms with Gasteiger partial charge in [0.05, 0.1) is 19.2 Å². The van der Waals surface area contributed by atoms with Crippen LogP contribution in [0.2, 0.25) is 0 Å². The zero-order valence-corrected chi connectivity index (χ0v) is 15.6. The topological polar surface area (TPSA) is 82.7 Å². The lowest BCUT2D eigenvalue weighted by Crippen LogP contribution is -2.28. The molecule has 0 saturated heterocycles. The molecule has 0 aliphatic heterocycles. The van der Waals surface area contributed by atoms with Gasteiger partial charge in [-0.25, -0.2) is 4.79 Å². The molecule has 0 aliphatic rings. The van der Waals surface area contributed by atoms with Gasteiger partial charge in [-0.2, -0.15) is 0 Å². The van der Waals surface area contributed by atoms with E-state index in [9.17, 15) is 9.59 Å². The highest BCUT2D eigenvalue weighted by Crippen LogP contribution is 2.24. The Morgan fingerprint density at radius 2 is 2.00 bits per heavy atom. The summed E-state index contributed by atoms with van der Waals surface area (Å²) in [4.78, 5) is 24.7. The maximum absolute atomic E-state index is 12.5. The Morgan fingerprint density at radius 3 is 2.74 bits per heavy atom.